The van der Waals surface area contributed by atoms with Crippen molar-refractivity contribution in [1.29, 1.82) is 0 Å². The van der Waals surface area contributed by atoms with Gasteiger partial charge in [0.1, 0.15) is 5.60 Å². The first-order chi connectivity index (χ1) is 9.30. The van der Waals surface area contributed by atoms with Gasteiger partial charge in [0, 0.05) is 6.54 Å². The molecule has 6 heteroatoms. The number of hydrogen-bond acceptors (Lipinski definition) is 4. The lowest BCUT2D eigenvalue weighted by Crippen LogP contribution is -2.50. The summed E-state index contributed by atoms with van der Waals surface area (Å²) >= 11 is 0. The van der Waals surface area contributed by atoms with Gasteiger partial charge in [-0.15, -0.1) is 0 Å². The molecule has 0 aromatic rings. The molecule has 0 aromatic carbocycles. The minimum absolute atomic E-state index is 0.0508. The Labute approximate surface area is 118 Å². The third-order valence-corrected chi connectivity index (χ3v) is 4.34. The second-order valence-electron chi connectivity index (χ2n) is 7.00. The van der Waals surface area contributed by atoms with Crippen molar-refractivity contribution in [2.75, 3.05) is 19.6 Å². The van der Waals surface area contributed by atoms with Gasteiger partial charge < -0.3 is 19.7 Å². The molecule has 2 amide bonds. The summed E-state index contributed by atoms with van der Waals surface area (Å²) in [5.74, 6) is 0.0797. The van der Waals surface area contributed by atoms with Crippen LogP contribution in [0.25, 0.3) is 0 Å². The zero-order valence-electron chi connectivity index (χ0n) is 12.3. The molecule has 3 saturated heterocycles. The first-order valence-electron chi connectivity index (χ1n) is 7.22. The summed E-state index contributed by atoms with van der Waals surface area (Å²) in [4.78, 5) is 26.0. The van der Waals surface area contributed by atoms with Crippen LogP contribution < -0.4 is 5.32 Å². The normalized spacial score (nSPS) is 36.4. The van der Waals surface area contributed by atoms with Crippen LogP contribution in [0.3, 0.4) is 0 Å². The Kier molecular flexibility index (Phi) is 2.97. The van der Waals surface area contributed by atoms with Gasteiger partial charge in [-0.05, 0) is 33.6 Å². The maximum atomic E-state index is 12.2. The highest BCUT2D eigenvalue weighted by atomic mass is 16.6. The van der Waals surface area contributed by atoms with E-state index >= 15 is 0 Å². The molecule has 3 rings (SSSR count). The lowest BCUT2D eigenvalue weighted by atomic mass is 9.79. The molecule has 2 bridgehead atoms. The monoisotopic (exact) mass is 282 g/mol. The van der Waals surface area contributed by atoms with Gasteiger partial charge >= 0.3 is 6.09 Å². The van der Waals surface area contributed by atoms with Gasteiger partial charge in [0.15, 0.2) is 0 Å². The number of hydrogen-bond donors (Lipinski definition) is 1. The smallest absolute Gasteiger partial charge is 0.410 e. The summed E-state index contributed by atoms with van der Waals surface area (Å²) in [7, 11) is 0. The molecule has 3 aliphatic rings. The van der Waals surface area contributed by atoms with E-state index in [0.717, 1.165) is 6.42 Å². The van der Waals surface area contributed by atoms with Crippen LogP contribution >= 0.6 is 0 Å². The standard InChI is InChI=1S/C14H22N2O4/c1-13(2,3)20-12(18)16-7-9-6-14(10(8-16)19-9)4-5-15-11(14)17/h9-10H,4-8H2,1-3H3,(H,15,17). The van der Waals surface area contributed by atoms with Crippen LogP contribution in [-0.4, -0.2) is 54.3 Å². The first kappa shape index (κ1) is 13.7. The van der Waals surface area contributed by atoms with Crippen LogP contribution in [0.1, 0.15) is 33.6 Å². The van der Waals surface area contributed by atoms with Gasteiger partial charge in [-0.3, -0.25) is 4.79 Å². The molecule has 0 radical (unpaired) electrons. The topological polar surface area (TPSA) is 67.9 Å². The Hall–Kier alpha value is -1.30. The number of likely N-dealkylation sites (tertiary alicyclic amines) is 1. The number of fused-ring (bicyclic) bond motifs is 3. The van der Waals surface area contributed by atoms with Crippen LogP contribution in [0, 0.1) is 5.41 Å². The van der Waals surface area contributed by atoms with E-state index in [4.69, 9.17) is 9.47 Å². The molecule has 1 N–H and O–H groups in total. The van der Waals surface area contributed by atoms with Crippen LogP contribution in [0.15, 0.2) is 0 Å². The van der Waals surface area contributed by atoms with E-state index in [2.05, 4.69) is 5.32 Å². The highest BCUT2D eigenvalue weighted by Crippen LogP contribution is 2.46. The third kappa shape index (κ3) is 2.16. The van der Waals surface area contributed by atoms with E-state index in [1.54, 1.807) is 4.90 Å². The molecular weight excluding hydrogens is 260 g/mol. The lowest BCUT2D eigenvalue weighted by Gasteiger charge is -2.35. The highest BCUT2D eigenvalue weighted by Gasteiger charge is 2.59. The second-order valence-corrected chi connectivity index (χ2v) is 7.00. The molecule has 0 aliphatic carbocycles. The number of rotatable bonds is 0. The van der Waals surface area contributed by atoms with Crippen molar-refractivity contribution in [2.45, 2.75) is 51.4 Å². The van der Waals surface area contributed by atoms with Crippen molar-refractivity contribution >= 4 is 12.0 Å². The molecule has 3 fully saturated rings. The summed E-state index contributed by atoms with van der Waals surface area (Å²) in [6, 6.07) is 0. The minimum atomic E-state index is -0.503. The number of morpholine rings is 1. The molecule has 20 heavy (non-hydrogen) atoms. The zero-order chi connectivity index (χ0) is 14.5. The average molecular weight is 282 g/mol. The predicted octanol–water partition coefficient (Wildman–Crippen LogP) is 0.901. The van der Waals surface area contributed by atoms with E-state index in [1.165, 1.54) is 0 Å². The van der Waals surface area contributed by atoms with Crippen molar-refractivity contribution in [1.82, 2.24) is 10.2 Å². The van der Waals surface area contributed by atoms with Gasteiger partial charge in [0.05, 0.1) is 30.7 Å². The maximum Gasteiger partial charge on any atom is 0.410 e. The van der Waals surface area contributed by atoms with Crippen molar-refractivity contribution < 1.29 is 19.1 Å². The van der Waals surface area contributed by atoms with E-state index in [9.17, 15) is 9.59 Å². The number of carbonyl (C=O) groups is 2. The second kappa shape index (κ2) is 4.35. The summed E-state index contributed by atoms with van der Waals surface area (Å²) in [5, 5.41) is 2.89. The molecule has 0 aromatic heterocycles. The molecule has 112 valence electrons. The summed E-state index contributed by atoms with van der Waals surface area (Å²) < 4.78 is 11.3. The number of amides is 2. The fourth-order valence-electron chi connectivity index (χ4n) is 3.46. The van der Waals surface area contributed by atoms with Crippen LogP contribution in [0.4, 0.5) is 4.79 Å². The lowest BCUT2D eigenvalue weighted by molar-refractivity contribution is -0.132. The van der Waals surface area contributed by atoms with Gasteiger partial charge in [-0.2, -0.15) is 0 Å². The molecular formula is C14H22N2O4. The van der Waals surface area contributed by atoms with Gasteiger partial charge in [0.25, 0.3) is 0 Å². The predicted molar refractivity (Wildman–Crippen MR) is 71.1 cm³/mol. The average Bonchev–Trinajstić information content (AvgIpc) is 2.80. The van der Waals surface area contributed by atoms with Crippen molar-refractivity contribution in [3.8, 4) is 0 Å². The molecule has 3 heterocycles. The van der Waals surface area contributed by atoms with Crippen molar-refractivity contribution in [3.63, 3.8) is 0 Å². The van der Waals surface area contributed by atoms with Crippen molar-refractivity contribution in [3.05, 3.63) is 0 Å². The SMILES string of the molecule is CC(C)(C)OC(=O)N1CC2CC3(CCNC3=O)C(C1)O2. The highest BCUT2D eigenvalue weighted by molar-refractivity contribution is 5.86. The Bertz CT molecular complexity index is 445. The largest absolute Gasteiger partial charge is 0.444 e. The molecule has 3 atom stereocenters. The number of nitrogens with one attached hydrogen (secondary N) is 1. The first-order valence-corrected chi connectivity index (χ1v) is 7.22. The molecule has 1 spiro atoms. The fraction of sp³-hybridized carbons (Fsp3) is 0.857. The molecule has 0 saturated carbocycles. The quantitative estimate of drug-likeness (QED) is 0.717. The van der Waals surface area contributed by atoms with E-state index < -0.39 is 11.0 Å². The third-order valence-electron chi connectivity index (χ3n) is 4.34. The van der Waals surface area contributed by atoms with E-state index in [-0.39, 0.29) is 24.2 Å². The molecule has 3 unspecified atom stereocenters. The molecule has 3 aliphatic heterocycles. The van der Waals surface area contributed by atoms with E-state index in [1.807, 2.05) is 20.8 Å². The minimum Gasteiger partial charge on any atom is -0.444 e. The number of carbonyl (C=O) groups excluding carboxylic acids is 2. The van der Waals surface area contributed by atoms with Gasteiger partial charge in [0.2, 0.25) is 5.91 Å². The van der Waals surface area contributed by atoms with Gasteiger partial charge in [-0.25, -0.2) is 4.79 Å². The van der Waals surface area contributed by atoms with Crippen LogP contribution in [0.5, 0.6) is 0 Å². The Balaban J connectivity index is 1.72. The Morgan fingerprint density at radius 3 is 2.80 bits per heavy atom. The fourth-order valence-corrected chi connectivity index (χ4v) is 3.46. The Morgan fingerprint density at radius 1 is 1.45 bits per heavy atom. The van der Waals surface area contributed by atoms with Crippen molar-refractivity contribution in [2.24, 2.45) is 5.41 Å². The summed E-state index contributed by atoms with van der Waals surface area (Å²) in [5.41, 5.74) is -0.932. The van der Waals surface area contributed by atoms with Gasteiger partial charge in [-0.1, -0.05) is 0 Å². The Morgan fingerprint density at radius 2 is 2.20 bits per heavy atom. The number of ether oxygens (including phenoxy) is 2. The maximum absolute atomic E-state index is 12.2. The summed E-state index contributed by atoms with van der Waals surface area (Å²) in [6.07, 6.45) is 0.949. The summed E-state index contributed by atoms with van der Waals surface area (Å²) in [6.45, 7) is 7.22. The van der Waals surface area contributed by atoms with Crippen LogP contribution in [-0.2, 0) is 14.3 Å². The zero-order valence-corrected chi connectivity index (χ0v) is 12.3. The molecule has 6 nitrogen and oxygen atoms in total. The van der Waals surface area contributed by atoms with Crippen LogP contribution in [0.2, 0.25) is 0 Å². The number of nitrogens with zero attached hydrogens (tertiary/aromatic N) is 1. The van der Waals surface area contributed by atoms with E-state index in [0.29, 0.717) is 26.1 Å².